The fraction of sp³-hybridized carbons (Fsp3) is 0.250. The number of hydrazine groups is 1. The van der Waals surface area contributed by atoms with Crippen molar-refractivity contribution in [1.29, 1.82) is 0 Å². The number of carbonyl (C=O) groups is 2. The highest BCUT2D eigenvalue weighted by Crippen LogP contribution is 2.32. The van der Waals surface area contributed by atoms with Gasteiger partial charge in [0.05, 0.1) is 5.69 Å². The Morgan fingerprint density at radius 2 is 1.52 bits per heavy atom. The number of amides is 2. The summed E-state index contributed by atoms with van der Waals surface area (Å²) in [4.78, 5) is 24.3. The lowest BCUT2D eigenvalue weighted by Gasteiger charge is -2.19. The van der Waals surface area contributed by atoms with Crippen LogP contribution in [0.2, 0.25) is 0 Å². The van der Waals surface area contributed by atoms with E-state index in [9.17, 15) is 9.59 Å². The minimum absolute atomic E-state index is 0.181. The lowest BCUT2D eigenvalue weighted by Crippen LogP contribution is -2.36. The summed E-state index contributed by atoms with van der Waals surface area (Å²) in [6.07, 6.45) is 0. The summed E-state index contributed by atoms with van der Waals surface area (Å²) < 4.78 is 0.976. The summed E-state index contributed by atoms with van der Waals surface area (Å²) in [6, 6.07) is 11.6. The van der Waals surface area contributed by atoms with Crippen LogP contribution in [0.25, 0.3) is 10.8 Å². The lowest BCUT2D eigenvalue weighted by atomic mass is 10.00. The van der Waals surface area contributed by atoms with Gasteiger partial charge < -0.3 is 0 Å². The van der Waals surface area contributed by atoms with E-state index in [4.69, 9.17) is 0 Å². The van der Waals surface area contributed by atoms with Crippen LogP contribution >= 0.6 is 15.9 Å². The Kier molecular flexibility index (Phi) is 3.45. The van der Waals surface area contributed by atoms with Crippen LogP contribution in [0.15, 0.2) is 40.9 Å². The zero-order valence-corrected chi connectivity index (χ0v) is 13.3. The molecule has 0 bridgehead atoms. The summed E-state index contributed by atoms with van der Waals surface area (Å²) in [6.45, 7) is 3.57. The quantitative estimate of drug-likeness (QED) is 0.845. The number of fused-ring (bicyclic) bond motifs is 1. The lowest BCUT2D eigenvalue weighted by molar-refractivity contribution is -0.138. The summed E-state index contributed by atoms with van der Waals surface area (Å²) >= 11 is 3.51. The normalized spacial score (nSPS) is 22.1. The third-order valence-corrected chi connectivity index (χ3v) is 4.76. The Morgan fingerprint density at radius 1 is 0.952 bits per heavy atom. The Hall–Kier alpha value is -1.88. The molecular weight excluding hydrogens is 332 g/mol. The number of anilines is 1. The van der Waals surface area contributed by atoms with Gasteiger partial charge in [-0.1, -0.05) is 54.0 Å². The van der Waals surface area contributed by atoms with E-state index in [2.05, 4.69) is 21.4 Å². The van der Waals surface area contributed by atoms with Crippen LogP contribution in [0.1, 0.15) is 13.8 Å². The maximum absolute atomic E-state index is 12.2. The molecule has 2 atom stereocenters. The number of hydrogen-bond donors (Lipinski definition) is 1. The van der Waals surface area contributed by atoms with Gasteiger partial charge >= 0.3 is 0 Å². The first-order valence-corrected chi connectivity index (χ1v) is 7.61. The summed E-state index contributed by atoms with van der Waals surface area (Å²) in [5.74, 6) is -0.933. The molecule has 1 saturated heterocycles. The first-order chi connectivity index (χ1) is 10.0. The molecule has 2 aromatic rings. The highest BCUT2D eigenvalue weighted by molar-refractivity contribution is 9.10. The molecule has 0 aliphatic carbocycles. The molecule has 1 aliphatic heterocycles. The molecule has 5 heteroatoms. The van der Waals surface area contributed by atoms with Gasteiger partial charge in [-0.05, 0) is 17.5 Å². The van der Waals surface area contributed by atoms with Crippen molar-refractivity contribution in [1.82, 2.24) is 5.01 Å². The van der Waals surface area contributed by atoms with Crippen molar-refractivity contribution in [2.24, 2.45) is 11.8 Å². The van der Waals surface area contributed by atoms with E-state index >= 15 is 0 Å². The van der Waals surface area contributed by atoms with E-state index < -0.39 is 0 Å². The number of imide groups is 1. The number of hydrogen-bond acceptors (Lipinski definition) is 3. The van der Waals surface area contributed by atoms with Gasteiger partial charge in [0.15, 0.2) is 0 Å². The predicted molar refractivity (Wildman–Crippen MR) is 85.5 cm³/mol. The van der Waals surface area contributed by atoms with Crippen LogP contribution in [0.3, 0.4) is 0 Å². The summed E-state index contributed by atoms with van der Waals surface area (Å²) in [5, 5.41) is 3.13. The molecule has 1 N–H and O–H groups in total. The van der Waals surface area contributed by atoms with Crippen molar-refractivity contribution in [3.05, 3.63) is 40.9 Å². The third-order valence-electron chi connectivity index (χ3n) is 4.07. The van der Waals surface area contributed by atoms with Gasteiger partial charge in [0.25, 0.3) is 11.8 Å². The number of halogens is 1. The molecule has 0 spiro atoms. The van der Waals surface area contributed by atoms with Gasteiger partial charge in [0.2, 0.25) is 0 Å². The van der Waals surface area contributed by atoms with E-state index in [1.807, 2.05) is 36.4 Å². The van der Waals surface area contributed by atoms with Gasteiger partial charge in [0.1, 0.15) is 0 Å². The monoisotopic (exact) mass is 346 g/mol. The molecule has 0 radical (unpaired) electrons. The van der Waals surface area contributed by atoms with Crippen LogP contribution in [0.5, 0.6) is 0 Å². The molecule has 1 fully saturated rings. The standard InChI is InChI=1S/C16H15BrN2O2/c1-9-10(2)16(21)19(15(9)20)18-14-8-7-13(17)11-5-3-4-6-12(11)14/h3-10,18H,1-2H3. The van der Waals surface area contributed by atoms with Crippen LogP contribution in [0.4, 0.5) is 5.69 Å². The predicted octanol–water partition coefficient (Wildman–Crippen LogP) is 3.57. The van der Waals surface area contributed by atoms with Crippen molar-refractivity contribution in [2.75, 3.05) is 5.43 Å². The fourth-order valence-corrected chi connectivity index (χ4v) is 3.01. The van der Waals surface area contributed by atoms with E-state index in [-0.39, 0.29) is 23.7 Å². The van der Waals surface area contributed by atoms with Crippen LogP contribution in [0, 0.1) is 11.8 Å². The molecule has 3 rings (SSSR count). The van der Waals surface area contributed by atoms with Crippen molar-refractivity contribution >= 4 is 44.2 Å². The number of carbonyl (C=O) groups excluding carboxylic acids is 2. The van der Waals surface area contributed by atoms with Gasteiger partial charge in [-0.2, -0.15) is 5.01 Å². The fourth-order valence-electron chi connectivity index (χ4n) is 2.53. The Labute approximate surface area is 131 Å². The first-order valence-electron chi connectivity index (χ1n) is 6.82. The second-order valence-electron chi connectivity index (χ2n) is 5.34. The van der Waals surface area contributed by atoms with Gasteiger partial charge in [-0.25, -0.2) is 0 Å². The molecule has 1 heterocycles. The van der Waals surface area contributed by atoms with Crippen molar-refractivity contribution in [3.8, 4) is 0 Å². The van der Waals surface area contributed by atoms with Crippen molar-refractivity contribution in [2.45, 2.75) is 13.8 Å². The third kappa shape index (κ3) is 2.21. The maximum Gasteiger partial charge on any atom is 0.251 e. The van der Waals surface area contributed by atoms with E-state index in [1.165, 1.54) is 0 Å². The minimum Gasteiger partial charge on any atom is -0.288 e. The zero-order valence-electron chi connectivity index (χ0n) is 11.8. The van der Waals surface area contributed by atoms with Crippen molar-refractivity contribution < 1.29 is 9.59 Å². The molecule has 2 unspecified atom stereocenters. The number of nitrogens with one attached hydrogen (secondary N) is 1. The first kappa shape index (κ1) is 14.1. The highest BCUT2D eigenvalue weighted by atomic mass is 79.9. The average Bonchev–Trinajstić information content (AvgIpc) is 2.68. The summed E-state index contributed by atoms with van der Waals surface area (Å²) in [7, 11) is 0. The molecule has 2 aromatic carbocycles. The molecule has 4 nitrogen and oxygen atoms in total. The van der Waals surface area contributed by atoms with E-state index in [0.29, 0.717) is 0 Å². The molecule has 21 heavy (non-hydrogen) atoms. The SMILES string of the molecule is CC1C(=O)N(Nc2ccc(Br)c3ccccc23)C(=O)C1C. The molecule has 0 saturated carbocycles. The van der Waals surface area contributed by atoms with E-state index in [1.54, 1.807) is 13.8 Å². The van der Waals surface area contributed by atoms with Crippen LogP contribution in [-0.2, 0) is 9.59 Å². The topological polar surface area (TPSA) is 49.4 Å². The highest BCUT2D eigenvalue weighted by Gasteiger charge is 2.42. The molecule has 108 valence electrons. The molecule has 2 amide bonds. The smallest absolute Gasteiger partial charge is 0.251 e. The summed E-state index contributed by atoms with van der Waals surface area (Å²) in [5.41, 5.74) is 3.73. The zero-order chi connectivity index (χ0) is 15.1. The maximum atomic E-state index is 12.2. The molecule has 0 aromatic heterocycles. The number of nitrogens with zero attached hydrogens (tertiary/aromatic N) is 1. The number of rotatable bonds is 2. The van der Waals surface area contributed by atoms with Gasteiger partial charge in [-0.3, -0.25) is 15.0 Å². The second-order valence-corrected chi connectivity index (χ2v) is 6.20. The van der Waals surface area contributed by atoms with Gasteiger partial charge in [-0.15, -0.1) is 0 Å². The largest absolute Gasteiger partial charge is 0.288 e. The van der Waals surface area contributed by atoms with Crippen LogP contribution in [-0.4, -0.2) is 16.8 Å². The Balaban J connectivity index is 2.02. The van der Waals surface area contributed by atoms with Gasteiger partial charge in [0, 0.05) is 21.7 Å². The van der Waals surface area contributed by atoms with E-state index in [0.717, 1.165) is 25.9 Å². The van der Waals surface area contributed by atoms with Crippen LogP contribution < -0.4 is 5.43 Å². The molecular formula is C16H15BrN2O2. The molecule has 1 aliphatic rings. The Morgan fingerprint density at radius 3 is 2.14 bits per heavy atom. The second kappa shape index (κ2) is 5.15. The van der Waals surface area contributed by atoms with Crippen molar-refractivity contribution in [3.63, 3.8) is 0 Å². The minimum atomic E-state index is -0.285. The number of benzene rings is 2. The Bertz CT molecular complexity index is 724. The average molecular weight is 347 g/mol.